The van der Waals surface area contributed by atoms with E-state index in [-0.39, 0.29) is 0 Å². The Balaban J connectivity index is 4.43. The summed E-state index contributed by atoms with van der Waals surface area (Å²) in [6, 6.07) is 0. The fraction of sp³-hybridized carbons (Fsp3) is 0.600. The highest BCUT2D eigenvalue weighted by atomic mass is 14.0. The predicted molar refractivity (Wildman–Crippen MR) is 48.1 cm³/mol. The van der Waals surface area contributed by atoms with Crippen LogP contribution in [0.3, 0.4) is 0 Å². The van der Waals surface area contributed by atoms with Crippen molar-refractivity contribution >= 4 is 0 Å². The number of hydrogen-bond donors (Lipinski definition) is 0. The van der Waals surface area contributed by atoms with Crippen molar-refractivity contribution in [2.24, 2.45) is 0 Å². The highest BCUT2D eigenvalue weighted by Crippen LogP contribution is 2.17. The molecule has 0 heteroatoms. The minimum Gasteiger partial charge on any atom is -0.0959 e. The maximum absolute atomic E-state index is 3.91. The van der Waals surface area contributed by atoms with E-state index < -0.39 is 0 Å². The van der Waals surface area contributed by atoms with Gasteiger partial charge in [0.25, 0.3) is 0 Å². The monoisotopic (exact) mass is 138 g/mol. The SMILES string of the molecule is C=C(C)C(C)=C(CC)CC. The van der Waals surface area contributed by atoms with E-state index >= 15 is 0 Å². The summed E-state index contributed by atoms with van der Waals surface area (Å²) in [6.07, 6.45) is 2.32. The lowest BCUT2D eigenvalue weighted by Gasteiger charge is -2.06. The van der Waals surface area contributed by atoms with E-state index in [0.717, 1.165) is 12.8 Å². The van der Waals surface area contributed by atoms with E-state index in [1.807, 2.05) is 0 Å². The van der Waals surface area contributed by atoms with Crippen LogP contribution in [0.25, 0.3) is 0 Å². The first-order chi connectivity index (χ1) is 4.63. The molecule has 0 aromatic carbocycles. The van der Waals surface area contributed by atoms with Crippen LogP contribution < -0.4 is 0 Å². The van der Waals surface area contributed by atoms with Gasteiger partial charge >= 0.3 is 0 Å². The van der Waals surface area contributed by atoms with Crippen LogP contribution in [-0.4, -0.2) is 0 Å². The Morgan fingerprint density at radius 2 is 1.50 bits per heavy atom. The van der Waals surface area contributed by atoms with Crippen molar-refractivity contribution in [2.75, 3.05) is 0 Å². The summed E-state index contributed by atoms with van der Waals surface area (Å²) in [6.45, 7) is 12.5. The molecule has 10 heavy (non-hydrogen) atoms. The molecule has 0 aromatic rings. The van der Waals surface area contributed by atoms with Crippen molar-refractivity contribution in [1.82, 2.24) is 0 Å². The Labute approximate surface area is 64.6 Å². The van der Waals surface area contributed by atoms with Crippen molar-refractivity contribution in [3.63, 3.8) is 0 Å². The average Bonchev–Trinajstić information content (AvgIpc) is 1.90. The first-order valence-corrected chi connectivity index (χ1v) is 3.97. The van der Waals surface area contributed by atoms with Gasteiger partial charge in [-0.3, -0.25) is 0 Å². The largest absolute Gasteiger partial charge is 0.0959 e. The molecule has 0 aliphatic carbocycles. The molecule has 0 aromatic heterocycles. The summed E-state index contributed by atoms with van der Waals surface area (Å²) in [4.78, 5) is 0. The van der Waals surface area contributed by atoms with Crippen LogP contribution in [0.1, 0.15) is 40.5 Å². The zero-order valence-corrected chi connectivity index (χ0v) is 7.62. The van der Waals surface area contributed by atoms with E-state index in [2.05, 4.69) is 34.3 Å². The van der Waals surface area contributed by atoms with Gasteiger partial charge in [0.2, 0.25) is 0 Å². The molecule has 0 amide bonds. The van der Waals surface area contributed by atoms with Gasteiger partial charge in [-0.25, -0.2) is 0 Å². The van der Waals surface area contributed by atoms with Crippen LogP contribution >= 0.6 is 0 Å². The lowest BCUT2D eigenvalue weighted by molar-refractivity contribution is 0.949. The van der Waals surface area contributed by atoms with E-state index in [9.17, 15) is 0 Å². The molecular formula is C10H18. The molecule has 0 saturated carbocycles. The van der Waals surface area contributed by atoms with E-state index in [1.54, 1.807) is 0 Å². The standard InChI is InChI=1S/C10H18/c1-6-10(7-2)9(5)8(3)4/h3,6-7H2,1-2,4-5H3. The quantitative estimate of drug-likeness (QED) is 0.522. The summed E-state index contributed by atoms with van der Waals surface area (Å²) in [7, 11) is 0. The van der Waals surface area contributed by atoms with Crippen molar-refractivity contribution in [3.8, 4) is 0 Å². The Kier molecular flexibility index (Phi) is 4.10. The Morgan fingerprint density at radius 1 is 1.10 bits per heavy atom. The van der Waals surface area contributed by atoms with E-state index in [0.29, 0.717) is 0 Å². The fourth-order valence-electron chi connectivity index (χ4n) is 1.08. The zero-order chi connectivity index (χ0) is 8.15. The first-order valence-electron chi connectivity index (χ1n) is 3.97. The normalized spacial score (nSPS) is 9.20. The van der Waals surface area contributed by atoms with E-state index in [1.165, 1.54) is 16.7 Å². The average molecular weight is 138 g/mol. The molecule has 58 valence electrons. The molecule has 0 heterocycles. The van der Waals surface area contributed by atoms with Crippen LogP contribution in [0.4, 0.5) is 0 Å². The van der Waals surface area contributed by atoms with Crippen molar-refractivity contribution in [1.29, 1.82) is 0 Å². The van der Waals surface area contributed by atoms with E-state index in [4.69, 9.17) is 0 Å². The van der Waals surface area contributed by atoms with Crippen molar-refractivity contribution < 1.29 is 0 Å². The Bertz CT molecular complexity index is 143. The van der Waals surface area contributed by atoms with Gasteiger partial charge in [-0.15, -0.1) is 0 Å². The van der Waals surface area contributed by atoms with Gasteiger partial charge in [-0.2, -0.15) is 0 Å². The summed E-state index contributed by atoms with van der Waals surface area (Å²) in [5.74, 6) is 0. The molecule has 0 atom stereocenters. The molecule has 0 aliphatic heterocycles. The lowest BCUT2D eigenvalue weighted by Crippen LogP contribution is -1.86. The Morgan fingerprint density at radius 3 is 1.60 bits per heavy atom. The molecule has 0 saturated heterocycles. The zero-order valence-electron chi connectivity index (χ0n) is 7.62. The summed E-state index contributed by atoms with van der Waals surface area (Å²) < 4.78 is 0. The third kappa shape index (κ3) is 2.38. The lowest BCUT2D eigenvalue weighted by atomic mass is 10.0. The van der Waals surface area contributed by atoms with Crippen LogP contribution in [0.5, 0.6) is 0 Å². The van der Waals surface area contributed by atoms with Crippen LogP contribution in [0.15, 0.2) is 23.3 Å². The van der Waals surface area contributed by atoms with Crippen molar-refractivity contribution in [3.05, 3.63) is 23.3 Å². The first kappa shape index (κ1) is 9.48. The number of hydrogen-bond acceptors (Lipinski definition) is 0. The van der Waals surface area contributed by atoms with Crippen molar-refractivity contribution in [2.45, 2.75) is 40.5 Å². The molecule has 0 spiro atoms. The second-order valence-electron chi connectivity index (χ2n) is 2.72. The molecule has 0 aliphatic rings. The predicted octanol–water partition coefficient (Wildman–Crippen LogP) is 3.70. The number of allylic oxidation sites excluding steroid dienone is 3. The maximum atomic E-state index is 3.91. The molecule has 0 nitrogen and oxygen atoms in total. The molecule has 0 fully saturated rings. The molecule has 0 N–H and O–H groups in total. The highest BCUT2D eigenvalue weighted by Gasteiger charge is 1.96. The highest BCUT2D eigenvalue weighted by molar-refractivity contribution is 5.29. The van der Waals surface area contributed by atoms with Gasteiger partial charge in [0, 0.05) is 0 Å². The molecule has 0 radical (unpaired) electrons. The van der Waals surface area contributed by atoms with Gasteiger partial charge < -0.3 is 0 Å². The fourth-order valence-corrected chi connectivity index (χ4v) is 1.08. The number of rotatable bonds is 3. The van der Waals surface area contributed by atoms with Crippen LogP contribution in [0, 0.1) is 0 Å². The summed E-state index contributed by atoms with van der Waals surface area (Å²) >= 11 is 0. The maximum Gasteiger partial charge on any atom is -0.0343 e. The second-order valence-corrected chi connectivity index (χ2v) is 2.72. The molecule has 0 bridgehead atoms. The van der Waals surface area contributed by atoms with Crippen LogP contribution in [-0.2, 0) is 0 Å². The smallest absolute Gasteiger partial charge is 0.0343 e. The topological polar surface area (TPSA) is 0 Å². The third-order valence-corrected chi connectivity index (χ3v) is 2.02. The molecule has 0 unspecified atom stereocenters. The minimum atomic E-state index is 1.16. The second kappa shape index (κ2) is 4.32. The van der Waals surface area contributed by atoms with Gasteiger partial charge in [0.15, 0.2) is 0 Å². The van der Waals surface area contributed by atoms with Gasteiger partial charge in [-0.1, -0.05) is 31.6 Å². The molecular weight excluding hydrogens is 120 g/mol. The van der Waals surface area contributed by atoms with Gasteiger partial charge in [0.1, 0.15) is 0 Å². The third-order valence-electron chi connectivity index (χ3n) is 2.02. The Hall–Kier alpha value is -0.520. The van der Waals surface area contributed by atoms with Gasteiger partial charge in [-0.05, 0) is 32.3 Å². The molecule has 0 rings (SSSR count). The van der Waals surface area contributed by atoms with Crippen LogP contribution in [0.2, 0.25) is 0 Å². The van der Waals surface area contributed by atoms with Gasteiger partial charge in [0.05, 0.1) is 0 Å². The summed E-state index contributed by atoms with van der Waals surface area (Å²) in [5, 5.41) is 0. The minimum absolute atomic E-state index is 1.16. The summed E-state index contributed by atoms with van der Waals surface area (Å²) in [5.41, 5.74) is 4.14.